The van der Waals surface area contributed by atoms with Crippen molar-refractivity contribution in [3.8, 4) is 11.5 Å². The number of nitrogens with zero attached hydrogens (tertiary/aromatic N) is 8. The maximum Gasteiger partial charge on any atom is 0.416 e. The molecule has 0 spiro atoms. The molecule has 0 bridgehead atoms. The molecule has 214 valence electrons. The van der Waals surface area contributed by atoms with E-state index in [0.717, 1.165) is 19.2 Å². The number of likely N-dealkylation sites (N-methyl/N-ethyl adjacent to an activating group) is 1. The molecule has 4 aromatic heterocycles. The Kier molecular flexibility index (Phi) is 6.74. The van der Waals surface area contributed by atoms with E-state index in [1.807, 2.05) is 11.9 Å². The molecule has 0 radical (unpaired) electrons. The predicted molar refractivity (Wildman–Crippen MR) is 151 cm³/mol. The van der Waals surface area contributed by atoms with Gasteiger partial charge in [-0.25, -0.2) is 14.5 Å². The van der Waals surface area contributed by atoms with Gasteiger partial charge in [0.1, 0.15) is 10.5 Å². The topological polar surface area (TPSA) is 101 Å². The van der Waals surface area contributed by atoms with Gasteiger partial charge in [-0.2, -0.15) is 23.3 Å². The summed E-state index contributed by atoms with van der Waals surface area (Å²) in [6, 6.07) is 3.95. The zero-order valence-corrected chi connectivity index (χ0v) is 23.1. The van der Waals surface area contributed by atoms with Gasteiger partial charge in [0, 0.05) is 64.0 Å². The van der Waals surface area contributed by atoms with Crippen LogP contribution in [0.5, 0.6) is 11.5 Å². The number of fused-ring (bicyclic) bond motifs is 2. The quantitative estimate of drug-likeness (QED) is 0.284. The van der Waals surface area contributed by atoms with Crippen molar-refractivity contribution in [2.24, 2.45) is 7.05 Å². The molecule has 1 aromatic carbocycles. The van der Waals surface area contributed by atoms with Crippen LogP contribution in [0.1, 0.15) is 5.56 Å². The summed E-state index contributed by atoms with van der Waals surface area (Å²) in [5.41, 5.74) is 1.35. The van der Waals surface area contributed by atoms with Crippen LogP contribution in [0, 0.1) is 0 Å². The number of nitrogens with one attached hydrogen (secondary N) is 2. The molecule has 5 heterocycles. The lowest BCUT2D eigenvalue weighted by molar-refractivity contribution is -0.137. The molecular weight excluding hydrogens is 561 g/mol. The van der Waals surface area contributed by atoms with Crippen LogP contribution < -0.4 is 20.3 Å². The lowest BCUT2D eigenvalue weighted by atomic mass is 10.1. The van der Waals surface area contributed by atoms with Crippen molar-refractivity contribution in [2.75, 3.05) is 55.8 Å². The fourth-order valence-electron chi connectivity index (χ4n) is 4.81. The number of piperazine rings is 1. The first-order valence-corrected chi connectivity index (χ1v) is 13.1. The first-order chi connectivity index (χ1) is 19.6. The van der Waals surface area contributed by atoms with Gasteiger partial charge in [0.2, 0.25) is 5.95 Å². The average molecular weight is 587 g/mol. The minimum atomic E-state index is -4.51. The SMILES string of the molecule is CNc1nccn2ncc(Oc3cnc4nc(Nc5cc(N6CCN(C)CC6)cc(C(F)(F)F)c5)n(C)c4c3Cl)c12. The lowest BCUT2D eigenvalue weighted by Crippen LogP contribution is -2.44. The normalized spacial score (nSPS) is 14.7. The van der Waals surface area contributed by atoms with Crippen molar-refractivity contribution in [3.05, 3.63) is 53.6 Å². The number of aryl methyl sites for hydroxylation is 1. The fraction of sp³-hybridized carbons (Fsp3) is 0.308. The monoisotopic (exact) mass is 586 g/mol. The molecule has 11 nitrogen and oxygen atoms in total. The third-order valence-corrected chi connectivity index (χ3v) is 7.39. The Balaban J connectivity index is 1.34. The molecular formula is C26H26ClF3N10O. The summed E-state index contributed by atoms with van der Waals surface area (Å²) in [5, 5.41) is 10.6. The van der Waals surface area contributed by atoms with Gasteiger partial charge < -0.3 is 29.7 Å². The van der Waals surface area contributed by atoms with E-state index in [2.05, 4.69) is 35.6 Å². The van der Waals surface area contributed by atoms with Crippen LogP contribution in [-0.4, -0.2) is 74.3 Å². The van der Waals surface area contributed by atoms with E-state index >= 15 is 0 Å². The van der Waals surface area contributed by atoms with Crippen LogP contribution in [0.4, 0.5) is 36.3 Å². The summed E-state index contributed by atoms with van der Waals surface area (Å²) in [4.78, 5) is 17.3. The van der Waals surface area contributed by atoms with E-state index < -0.39 is 11.7 Å². The predicted octanol–water partition coefficient (Wildman–Crippen LogP) is 5.01. The first-order valence-electron chi connectivity index (χ1n) is 12.7. The van der Waals surface area contributed by atoms with E-state index in [1.54, 1.807) is 47.8 Å². The highest BCUT2D eigenvalue weighted by molar-refractivity contribution is 6.36. The molecule has 0 atom stereocenters. The van der Waals surface area contributed by atoms with Crippen LogP contribution in [-0.2, 0) is 13.2 Å². The van der Waals surface area contributed by atoms with Crippen molar-refractivity contribution in [2.45, 2.75) is 6.18 Å². The molecule has 15 heteroatoms. The van der Waals surface area contributed by atoms with Crippen LogP contribution in [0.2, 0.25) is 5.02 Å². The number of hydrogen-bond donors (Lipinski definition) is 2. The summed E-state index contributed by atoms with van der Waals surface area (Å²) >= 11 is 6.76. The molecule has 1 aliphatic heterocycles. The largest absolute Gasteiger partial charge is 0.450 e. The minimum Gasteiger partial charge on any atom is -0.450 e. The van der Waals surface area contributed by atoms with Gasteiger partial charge in [0.25, 0.3) is 0 Å². The number of aromatic nitrogens is 6. The van der Waals surface area contributed by atoms with Crippen molar-refractivity contribution in [1.82, 2.24) is 34.0 Å². The van der Waals surface area contributed by atoms with Crippen molar-refractivity contribution in [3.63, 3.8) is 0 Å². The van der Waals surface area contributed by atoms with Crippen LogP contribution >= 0.6 is 11.6 Å². The zero-order valence-electron chi connectivity index (χ0n) is 22.4. The molecule has 5 aromatic rings. The number of imidazole rings is 1. The number of rotatable bonds is 6. The Morgan fingerprint density at radius 1 is 0.976 bits per heavy atom. The third kappa shape index (κ3) is 5.04. The first kappa shape index (κ1) is 26.9. The Bertz CT molecular complexity index is 1740. The second-order valence-electron chi connectivity index (χ2n) is 9.71. The molecule has 6 rings (SSSR count). The zero-order chi connectivity index (χ0) is 28.9. The Morgan fingerprint density at radius 2 is 1.76 bits per heavy atom. The van der Waals surface area contributed by atoms with Crippen LogP contribution in [0.25, 0.3) is 16.7 Å². The van der Waals surface area contributed by atoms with Gasteiger partial charge in [-0.1, -0.05) is 11.6 Å². The number of benzene rings is 1. The molecule has 1 saturated heterocycles. The molecule has 1 fully saturated rings. The van der Waals surface area contributed by atoms with Crippen molar-refractivity contribution < 1.29 is 17.9 Å². The summed E-state index contributed by atoms with van der Waals surface area (Å²) in [7, 11) is 5.43. The van der Waals surface area contributed by atoms with Crippen molar-refractivity contribution in [1.29, 1.82) is 0 Å². The Hall–Kier alpha value is -4.30. The maximum absolute atomic E-state index is 13.8. The second kappa shape index (κ2) is 10.3. The molecule has 0 saturated carbocycles. The third-order valence-electron chi connectivity index (χ3n) is 7.03. The van der Waals surface area contributed by atoms with Gasteiger partial charge >= 0.3 is 6.18 Å². The minimum absolute atomic E-state index is 0.231. The highest BCUT2D eigenvalue weighted by Gasteiger charge is 2.32. The molecule has 1 aliphatic rings. The summed E-state index contributed by atoms with van der Waals surface area (Å²) in [6.07, 6.45) is 1.77. The summed E-state index contributed by atoms with van der Waals surface area (Å²) in [6.45, 7) is 2.79. The molecule has 41 heavy (non-hydrogen) atoms. The highest BCUT2D eigenvalue weighted by atomic mass is 35.5. The molecule has 2 N–H and O–H groups in total. The maximum atomic E-state index is 13.8. The van der Waals surface area contributed by atoms with Crippen LogP contribution in [0.3, 0.4) is 0 Å². The second-order valence-corrected chi connectivity index (χ2v) is 10.1. The van der Waals surface area contributed by atoms with E-state index in [4.69, 9.17) is 16.3 Å². The fourth-order valence-corrected chi connectivity index (χ4v) is 5.11. The Labute approximate surface area is 237 Å². The number of ether oxygens (including phenoxy) is 1. The van der Waals surface area contributed by atoms with E-state index in [-0.39, 0.29) is 22.4 Å². The van der Waals surface area contributed by atoms with Gasteiger partial charge in [0.05, 0.1) is 18.0 Å². The van der Waals surface area contributed by atoms with Gasteiger partial charge in [0.15, 0.2) is 28.5 Å². The van der Waals surface area contributed by atoms with E-state index in [0.29, 0.717) is 47.0 Å². The smallest absolute Gasteiger partial charge is 0.416 e. The van der Waals surface area contributed by atoms with E-state index in [9.17, 15) is 13.2 Å². The molecule has 0 amide bonds. The van der Waals surface area contributed by atoms with Gasteiger partial charge in [-0.05, 0) is 25.2 Å². The number of pyridine rings is 1. The lowest BCUT2D eigenvalue weighted by Gasteiger charge is -2.34. The molecule has 0 unspecified atom stereocenters. The summed E-state index contributed by atoms with van der Waals surface area (Å²) in [5.74, 6) is 1.50. The number of anilines is 4. The van der Waals surface area contributed by atoms with Crippen LogP contribution in [0.15, 0.2) is 43.0 Å². The van der Waals surface area contributed by atoms with E-state index in [1.165, 1.54) is 12.3 Å². The Morgan fingerprint density at radius 3 is 2.49 bits per heavy atom. The van der Waals surface area contributed by atoms with Gasteiger partial charge in [-0.15, -0.1) is 0 Å². The average Bonchev–Trinajstić information content (AvgIpc) is 3.50. The number of halogens is 4. The van der Waals surface area contributed by atoms with Crippen molar-refractivity contribution >= 4 is 51.4 Å². The number of alkyl halides is 3. The highest BCUT2D eigenvalue weighted by Crippen LogP contribution is 2.39. The molecule has 0 aliphatic carbocycles. The van der Waals surface area contributed by atoms with Gasteiger partial charge in [-0.3, -0.25) is 0 Å². The summed E-state index contributed by atoms with van der Waals surface area (Å²) < 4.78 is 50.8. The standard InChI is InChI=1S/C26H26ClF3N10O/c1-31-23-21-19(14-34-40(21)5-4-32-23)41-18-13-33-24-22(20(18)27)38(3)25(36-24)35-16-10-15(26(28,29)30)11-17(12-16)39-8-6-37(2)7-9-39/h4-5,10-14H,6-9H2,1-3H3,(H,31,32)(H,33,35,36). The number of hydrogen-bond acceptors (Lipinski definition) is 9.